The molecule has 0 bridgehead atoms. The van der Waals surface area contributed by atoms with Crippen LogP contribution in [0.1, 0.15) is 19.4 Å². The van der Waals surface area contributed by atoms with Crippen LogP contribution in [0.5, 0.6) is 0 Å². The first kappa shape index (κ1) is 16.0. The molecular formula is C12H21N3O3S. The molecule has 1 aromatic heterocycles. The lowest BCUT2D eigenvalue weighted by Crippen LogP contribution is -2.32. The minimum absolute atomic E-state index is 0.0241. The number of sulfonamides is 1. The average molecular weight is 287 g/mol. The average Bonchev–Trinajstić information content (AvgIpc) is 2.38. The highest BCUT2D eigenvalue weighted by molar-refractivity contribution is 7.89. The Morgan fingerprint density at radius 1 is 1.42 bits per heavy atom. The van der Waals surface area contributed by atoms with E-state index in [-0.39, 0.29) is 17.7 Å². The summed E-state index contributed by atoms with van der Waals surface area (Å²) in [5, 5.41) is 3.00. The molecule has 0 saturated carbocycles. The lowest BCUT2D eigenvalue weighted by molar-refractivity contribution is 0.0799. The van der Waals surface area contributed by atoms with Crippen molar-refractivity contribution in [2.24, 2.45) is 0 Å². The van der Waals surface area contributed by atoms with Gasteiger partial charge in [-0.25, -0.2) is 18.1 Å². The molecule has 0 aliphatic carbocycles. The quantitative estimate of drug-likeness (QED) is 0.728. The first-order valence-corrected chi connectivity index (χ1v) is 7.68. The molecule has 1 heterocycles. The fourth-order valence-electron chi connectivity index (χ4n) is 1.52. The summed E-state index contributed by atoms with van der Waals surface area (Å²) in [5.74, 6) is 0. The van der Waals surface area contributed by atoms with E-state index in [1.165, 1.54) is 6.07 Å². The Hall–Kier alpha value is -1.02. The van der Waals surface area contributed by atoms with Gasteiger partial charge in [-0.2, -0.15) is 0 Å². The predicted molar refractivity (Wildman–Crippen MR) is 73.3 cm³/mol. The van der Waals surface area contributed by atoms with E-state index in [1.807, 2.05) is 20.9 Å². The molecule has 0 saturated heterocycles. The van der Waals surface area contributed by atoms with Gasteiger partial charge in [-0.15, -0.1) is 0 Å². The molecule has 7 heteroatoms. The number of hydrogen-bond acceptors (Lipinski definition) is 5. The van der Waals surface area contributed by atoms with E-state index in [0.29, 0.717) is 13.2 Å². The van der Waals surface area contributed by atoms with Crippen molar-refractivity contribution in [2.75, 3.05) is 20.2 Å². The van der Waals surface area contributed by atoms with Gasteiger partial charge in [0.1, 0.15) is 0 Å². The third-order valence-electron chi connectivity index (χ3n) is 2.47. The first-order valence-electron chi connectivity index (χ1n) is 6.20. The van der Waals surface area contributed by atoms with Crippen LogP contribution in [0.4, 0.5) is 0 Å². The molecule has 0 radical (unpaired) electrons. The van der Waals surface area contributed by atoms with Crippen molar-refractivity contribution >= 4 is 10.0 Å². The van der Waals surface area contributed by atoms with Crippen LogP contribution in [-0.2, 0) is 21.3 Å². The maximum absolute atomic E-state index is 12.0. The second-order valence-corrected chi connectivity index (χ2v) is 5.87. The van der Waals surface area contributed by atoms with Crippen LogP contribution in [0.2, 0.25) is 0 Å². The molecule has 2 N–H and O–H groups in total. The van der Waals surface area contributed by atoms with Gasteiger partial charge in [-0.05, 0) is 32.5 Å². The first-order chi connectivity index (χ1) is 8.99. The second kappa shape index (κ2) is 7.54. The Labute approximate surface area is 114 Å². The summed E-state index contributed by atoms with van der Waals surface area (Å²) >= 11 is 0. The monoisotopic (exact) mass is 287 g/mol. The largest absolute Gasteiger partial charge is 0.377 e. The number of rotatable bonds is 8. The predicted octanol–water partition coefficient (Wildman–Crippen LogP) is 0.504. The van der Waals surface area contributed by atoms with E-state index in [9.17, 15) is 8.42 Å². The van der Waals surface area contributed by atoms with Gasteiger partial charge in [0.2, 0.25) is 0 Å². The number of nitrogens with one attached hydrogen (secondary N) is 2. The zero-order valence-electron chi connectivity index (χ0n) is 11.5. The van der Waals surface area contributed by atoms with Gasteiger partial charge in [0, 0.05) is 25.9 Å². The van der Waals surface area contributed by atoms with Crippen molar-refractivity contribution in [3.8, 4) is 0 Å². The second-order valence-electron chi connectivity index (χ2n) is 4.15. The molecule has 1 aromatic rings. The van der Waals surface area contributed by atoms with Crippen LogP contribution < -0.4 is 10.0 Å². The van der Waals surface area contributed by atoms with E-state index < -0.39 is 10.0 Å². The zero-order chi connectivity index (χ0) is 14.3. The van der Waals surface area contributed by atoms with Gasteiger partial charge in [0.15, 0.2) is 5.03 Å². The number of aromatic nitrogens is 1. The maximum atomic E-state index is 12.0. The summed E-state index contributed by atoms with van der Waals surface area (Å²) in [5.41, 5.74) is 0.934. The van der Waals surface area contributed by atoms with Crippen LogP contribution in [0, 0.1) is 0 Å². The Balaban J connectivity index is 2.66. The van der Waals surface area contributed by atoms with Gasteiger partial charge in [0.05, 0.1) is 6.10 Å². The minimum atomic E-state index is -3.57. The third-order valence-corrected chi connectivity index (χ3v) is 3.80. The van der Waals surface area contributed by atoms with E-state index in [2.05, 4.69) is 15.0 Å². The molecular weight excluding hydrogens is 266 g/mol. The Morgan fingerprint density at radius 2 is 2.16 bits per heavy atom. The van der Waals surface area contributed by atoms with Crippen LogP contribution in [0.15, 0.2) is 23.4 Å². The molecule has 6 nitrogen and oxygen atoms in total. The van der Waals surface area contributed by atoms with Crippen molar-refractivity contribution < 1.29 is 13.2 Å². The maximum Gasteiger partial charge on any atom is 0.258 e. The Kier molecular flexibility index (Phi) is 6.36. The van der Waals surface area contributed by atoms with E-state index in [4.69, 9.17) is 4.74 Å². The molecule has 0 amide bonds. The summed E-state index contributed by atoms with van der Waals surface area (Å²) < 4.78 is 31.7. The molecule has 108 valence electrons. The van der Waals surface area contributed by atoms with Crippen molar-refractivity contribution in [1.29, 1.82) is 0 Å². The molecule has 0 fully saturated rings. The minimum Gasteiger partial charge on any atom is -0.377 e. The summed E-state index contributed by atoms with van der Waals surface area (Å²) in [4.78, 5) is 3.96. The summed E-state index contributed by atoms with van der Waals surface area (Å²) in [6.07, 6.45) is 1.39. The van der Waals surface area contributed by atoms with Gasteiger partial charge < -0.3 is 10.1 Å². The van der Waals surface area contributed by atoms with Crippen molar-refractivity contribution in [3.05, 3.63) is 23.9 Å². The molecule has 1 atom stereocenters. The summed E-state index contributed by atoms with van der Waals surface area (Å²) in [6.45, 7) is 5.13. The van der Waals surface area contributed by atoms with Crippen LogP contribution in [-0.4, -0.2) is 39.7 Å². The molecule has 0 aliphatic rings. The van der Waals surface area contributed by atoms with E-state index >= 15 is 0 Å². The van der Waals surface area contributed by atoms with Gasteiger partial charge in [-0.3, -0.25) is 0 Å². The zero-order valence-corrected chi connectivity index (χ0v) is 12.3. The number of hydrogen-bond donors (Lipinski definition) is 2. The standard InChI is InChI=1S/C12H21N3O3S/c1-4-18-10(2)7-15-19(16,17)12-6-5-11(8-13-3)9-14-12/h5-6,9-10,13,15H,4,7-8H2,1-3H3. The molecule has 1 rings (SSSR count). The lowest BCUT2D eigenvalue weighted by atomic mass is 10.3. The highest BCUT2D eigenvalue weighted by atomic mass is 32.2. The van der Waals surface area contributed by atoms with Crippen LogP contribution in [0.25, 0.3) is 0 Å². The van der Waals surface area contributed by atoms with Gasteiger partial charge in [-0.1, -0.05) is 6.07 Å². The van der Waals surface area contributed by atoms with Crippen LogP contribution >= 0.6 is 0 Å². The Morgan fingerprint density at radius 3 is 2.68 bits per heavy atom. The molecule has 0 spiro atoms. The fourth-order valence-corrected chi connectivity index (χ4v) is 2.56. The molecule has 1 unspecified atom stereocenters. The van der Waals surface area contributed by atoms with Crippen molar-refractivity contribution in [1.82, 2.24) is 15.0 Å². The van der Waals surface area contributed by atoms with Crippen molar-refractivity contribution in [2.45, 2.75) is 31.5 Å². The molecule has 0 aromatic carbocycles. The number of ether oxygens (including phenoxy) is 1. The van der Waals surface area contributed by atoms with Gasteiger partial charge in [0.25, 0.3) is 10.0 Å². The summed E-state index contributed by atoms with van der Waals surface area (Å²) in [6, 6.07) is 3.24. The van der Waals surface area contributed by atoms with Crippen molar-refractivity contribution in [3.63, 3.8) is 0 Å². The Bertz CT molecular complexity index is 473. The van der Waals surface area contributed by atoms with E-state index in [1.54, 1.807) is 12.3 Å². The molecule has 0 aliphatic heterocycles. The lowest BCUT2D eigenvalue weighted by Gasteiger charge is -2.12. The highest BCUT2D eigenvalue weighted by Gasteiger charge is 2.16. The van der Waals surface area contributed by atoms with Crippen LogP contribution in [0.3, 0.4) is 0 Å². The highest BCUT2D eigenvalue weighted by Crippen LogP contribution is 2.06. The fraction of sp³-hybridized carbons (Fsp3) is 0.583. The van der Waals surface area contributed by atoms with E-state index in [0.717, 1.165) is 5.56 Å². The number of nitrogens with zero attached hydrogens (tertiary/aromatic N) is 1. The normalized spacial score (nSPS) is 13.4. The van der Waals surface area contributed by atoms with Gasteiger partial charge >= 0.3 is 0 Å². The SMILES string of the molecule is CCOC(C)CNS(=O)(=O)c1ccc(CNC)cn1. The topological polar surface area (TPSA) is 80.3 Å². The molecule has 19 heavy (non-hydrogen) atoms. The summed E-state index contributed by atoms with van der Waals surface area (Å²) in [7, 11) is -1.75. The smallest absolute Gasteiger partial charge is 0.258 e. The number of pyridine rings is 1. The third kappa shape index (κ3) is 5.23.